The van der Waals surface area contributed by atoms with Crippen molar-refractivity contribution in [1.82, 2.24) is 19.6 Å². The maximum atomic E-state index is 13.8. The summed E-state index contributed by atoms with van der Waals surface area (Å²) < 4.78 is 54.4. The van der Waals surface area contributed by atoms with E-state index in [0.29, 0.717) is 39.4 Å². The minimum atomic E-state index is -4.67. The maximum Gasteiger partial charge on any atom is 0.416 e. The molecule has 3 heterocycles. The van der Waals surface area contributed by atoms with E-state index in [4.69, 9.17) is 0 Å². The summed E-state index contributed by atoms with van der Waals surface area (Å²) in [5, 5.41) is 4.94. The number of pyridine rings is 2. The van der Waals surface area contributed by atoms with E-state index in [1.165, 1.54) is 10.7 Å². The van der Waals surface area contributed by atoms with Crippen molar-refractivity contribution in [2.75, 3.05) is 0 Å². The smallest absolute Gasteiger partial charge is 0.351 e. The lowest BCUT2D eigenvalue weighted by molar-refractivity contribution is -0.137. The van der Waals surface area contributed by atoms with Crippen LogP contribution in [0.15, 0.2) is 65.6 Å². The van der Waals surface area contributed by atoms with Crippen molar-refractivity contribution in [2.45, 2.75) is 13.1 Å². The van der Waals surface area contributed by atoms with Crippen LogP contribution in [0.1, 0.15) is 11.1 Å². The van der Waals surface area contributed by atoms with Crippen molar-refractivity contribution in [3.8, 4) is 22.6 Å². The van der Waals surface area contributed by atoms with Crippen molar-refractivity contribution in [3.63, 3.8) is 0 Å². The van der Waals surface area contributed by atoms with Crippen LogP contribution in [0.4, 0.5) is 17.6 Å². The number of hydrogen-bond acceptors (Lipinski definition) is 3. The minimum Gasteiger partial charge on any atom is -0.351 e. The van der Waals surface area contributed by atoms with Crippen LogP contribution in [0.5, 0.6) is 0 Å². The Kier molecular flexibility index (Phi) is 4.37. The summed E-state index contributed by atoms with van der Waals surface area (Å²) in [5.41, 5.74) is 1.13. The van der Waals surface area contributed by atoms with Crippen LogP contribution >= 0.6 is 0 Å². The number of alkyl halides is 3. The fourth-order valence-electron chi connectivity index (χ4n) is 3.64. The maximum absolute atomic E-state index is 13.8. The first kappa shape index (κ1) is 19.9. The van der Waals surface area contributed by atoms with E-state index in [2.05, 4.69) is 15.1 Å². The molecule has 0 atom stereocenters. The Labute approximate surface area is 178 Å². The molecule has 0 aliphatic heterocycles. The highest BCUT2D eigenvalue weighted by atomic mass is 19.4. The zero-order chi connectivity index (χ0) is 22.6. The van der Waals surface area contributed by atoms with Gasteiger partial charge < -0.3 is 4.98 Å². The minimum absolute atomic E-state index is 0.0616. The molecule has 0 fully saturated rings. The van der Waals surface area contributed by atoms with Gasteiger partial charge in [-0.15, -0.1) is 5.10 Å². The molecule has 0 radical (unpaired) electrons. The summed E-state index contributed by atoms with van der Waals surface area (Å²) in [4.78, 5) is 20.3. The van der Waals surface area contributed by atoms with E-state index >= 15 is 0 Å². The summed E-state index contributed by atoms with van der Waals surface area (Å²) in [7, 11) is 0. The number of aromatic nitrogens is 4. The van der Waals surface area contributed by atoms with Crippen molar-refractivity contribution in [3.05, 3.63) is 88.0 Å². The lowest BCUT2D eigenvalue weighted by Gasteiger charge is -2.09. The second kappa shape index (κ2) is 7.01. The number of rotatable bonds is 2. The highest BCUT2D eigenvalue weighted by Gasteiger charge is 2.31. The Bertz CT molecular complexity index is 1570. The third-order valence-corrected chi connectivity index (χ3v) is 5.26. The predicted octanol–water partition coefficient (Wildman–Crippen LogP) is 5.37. The molecule has 5 aromatic rings. The number of halogens is 4. The topological polar surface area (TPSA) is 63.1 Å². The molecule has 0 aliphatic rings. The molecule has 2 aromatic carbocycles. The summed E-state index contributed by atoms with van der Waals surface area (Å²) in [5.74, 6) is -0.726. The molecule has 0 amide bonds. The van der Waals surface area contributed by atoms with Crippen LogP contribution in [0.3, 0.4) is 0 Å². The Balaban J connectivity index is 1.64. The van der Waals surface area contributed by atoms with E-state index in [0.717, 1.165) is 12.1 Å². The normalized spacial score (nSPS) is 12.0. The molecule has 5 rings (SSSR count). The Hall–Kier alpha value is -4.01. The van der Waals surface area contributed by atoms with Gasteiger partial charge in [0.05, 0.1) is 11.3 Å². The van der Waals surface area contributed by atoms with Gasteiger partial charge in [-0.05, 0) is 55.0 Å². The van der Waals surface area contributed by atoms with E-state index in [1.807, 2.05) is 0 Å². The number of hydrogen-bond donors (Lipinski definition) is 1. The predicted molar refractivity (Wildman–Crippen MR) is 112 cm³/mol. The zero-order valence-electron chi connectivity index (χ0n) is 16.5. The van der Waals surface area contributed by atoms with Crippen molar-refractivity contribution in [2.24, 2.45) is 0 Å². The molecule has 1 N–H and O–H groups in total. The van der Waals surface area contributed by atoms with Crippen molar-refractivity contribution >= 4 is 16.6 Å². The summed E-state index contributed by atoms with van der Waals surface area (Å²) in [6.07, 6.45) is -3.20. The lowest BCUT2D eigenvalue weighted by atomic mass is 10.0. The van der Waals surface area contributed by atoms with E-state index < -0.39 is 17.6 Å². The van der Waals surface area contributed by atoms with Gasteiger partial charge in [-0.25, -0.2) is 13.9 Å². The lowest BCUT2D eigenvalue weighted by Crippen LogP contribution is -2.09. The Morgan fingerprint density at radius 3 is 2.56 bits per heavy atom. The molecule has 32 heavy (non-hydrogen) atoms. The van der Waals surface area contributed by atoms with E-state index in [-0.39, 0.29) is 16.8 Å². The third-order valence-electron chi connectivity index (χ3n) is 5.26. The molecule has 0 spiro atoms. The average molecular weight is 438 g/mol. The van der Waals surface area contributed by atoms with Gasteiger partial charge in [0.1, 0.15) is 5.82 Å². The molecule has 5 nitrogen and oxygen atoms in total. The second-order valence-electron chi connectivity index (χ2n) is 7.38. The van der Waals surface area contributed by atoms with E-state index in [9.17, 15) is 22.4 Å². The van der Waals surface area contributed by atoms with Crippen LogP contribution in [0, 0.1) is 12.7 Å². The zero-order valence-corrected chi connectivity index (χ0v) is 16.5. The Morgan fingerprint density at radius 1 is 1.00 bits per heavy atom. The van der Waals surface area contributed by atoms with Crippen molar-refractivity contribution in [1.29, 1.82) is 0 Å². The highest BCUT2D eigenvalue weighted by molar-refractivity contribution is 5.82. The number of benzene rings is 2. The number of aromatic amines is 1. The van der Waals surface area contributed by atoms with Gasteiger partial charge in [-0.2, -0.15) is 13.2 Å². The van der Waals surface area contributed by atoms with Crippen LogP contribution in [-0.2, 0) is 6.18 Å². The van der Waals surface area contributed by atoms with Gasteiger partial charge in [0.25, 0.3) is 0 Å². The first-order valence-corrected chi connectivity index (χ1v) is 9.57. The fraction of sp³-hybridized carbons (Fsp3) is 0.0870. The van der Waals surface area contributed by atoms with Gasteiger partial charge >= 0.3 is 6.18 Å². The van der Waals surface area contributed by atoms with Crippen molar-refractivity contribution < 1.29 is 17.6 Å². The summed E-state index contributed by atoms with van der Waals surface area (Å²) >= 11 is 0. The third kappa shape index (κ3) is 3.31. The molecule has 0 saturated carbocycles. The Morgan fingerprint density at radius 2 is 1.78 bits per heavy atom. The summed E-state index contributed by atoms with van der Waals surface area (Å²) in [6.45, 7) is 1.67. The quantitative estimate of drug-likeness (QED) is 0.377. The largest absolute Gasteiger partial charge is 0.416 e. The molecule has 0 saturated heterocycles. The van der Waals surface area contributed by atoms with Gasteiger partial charge in [0.2, 0.25) is 0 Å². The molecule has 0 aliphatic carbocycles. The SMILES string of the molecule is Cc1c(-c2nc3ccc(-c4cc(F)cc(C(F)(F)F)c4)cn3n2)[nH]c2ccccc2c1=O. The van der Waals surface area contributed by atoms with Crippen LogP contribution in [0.2, 0.25) is 0 Å². The van der Waals surface area contributed by atoms with Crippen LogP contribution in [0.25, 0.3) is 39.2 Å². The molecule has 160 valence electrons. The van der Waals surface area contributed by atoms with Crippen LogP contribution < -0.4 is 5.43 Å². The average Bonchev–Trinajstić information content (AvgIpc) is 3.18. The molecule has 9 heteroatoms. The molecule has 0 unspecified atom stereocenters. The highest BCUT2D eigenvalue weighted by Crippen LogP contribution is 2.33. The molecule has 3 aromatic heterocycles. The number of H-pyrrole nitrogens is 1. The monoisotopic (exact) mass is 438 g/mol. The van der Waals surface area contributed by atoms with Gasteiger partial charge in [0, 0.05) is 28.2 Å². The molecular formula is C23H14F4N4O. The first-order valence-electron chi connectivity index (χ1n) is 9.57. The second-order valence-corrected chi connectivity index (χ2v) is 7.38. The standard InChI is InChI=1S/C23H14F4N4O/c1-12-20(28-18-5-3-2-4-17(18)21(12)32)22-29-19-7-6-13(11-31(19)30-22)14-8-15(23(25,26)27)10-16(24)9-14/h2-11H,1H3,(H,28,32). The van der Waals surface area contributed by atoms with Gasteiger partial charge in [-0.1, -0.05) is 12.1 Å². The first-order chi connectivity index (χ1) is 15.2. The van der Waals surface area contributed by atoms with Gasteiger partial charge in [0.15, 0.2) is 16.9 Å². The fourth-order valence-corrected chi connectivity index (χ4v) is 3.64. The van der Waals surface area contributed by atoms with Gasteiger partial charge in [-0.3, -0.25) is 4.79 Å². The van der Waals surface area contributed by atoms with E-state index in [1.54, 1.807) is 43.3 Å². The number of fused-ring (bicyclic) bond motifs is 2. The summed E-state index contributed by atoms with van der Waals surface area (Å²) in [6, 6.07) is 12.5. The van der Waals surface area contributed by atoms with Crippen LogP contribution in [-0.4, -0.2) is 19.6 Å². The number of nitrogens with one attached hydrogen (secondary N) is 1. The molecular weight excluding hydrogens is 424 g/mol. The number of nitrogens with zero attached hydrogens (tertiary/aromatic N) is 3. The molecule has 0 bridgehead atoms. The number of para-hydroxylation sites is 1.